The second kappa shape index (κ2) is 5.74. The third-order valence-corrected chi connectivity index (χ3v) is 5.26. The number of hydrogen-bond acceptors (Lipinski definition) is 3. The van der Waals surface area contributed by atoms with Crippen molar-refractivity contribution in [1.29, 1.82) is 0 Å². The standard InChI is InChI=1S/C13H24O2S/c1-2-12(14)4-3-11-5-7-15-13(9-11)6-8-16-10-13/h11-12,14H,2-10H2,1H3. The van der Waals surface area contributed by atoms with E-state index >= 15 is 0 Å². The molecule has 1 N–H and O–H groups in total. The van der Waals surface area contributed by atoms with E-state index in [1.54, 1.807) is 0 Å². The lowest BCUT2D eigenvalue weighted by molar-refractivity contribution is -0.0819. The molecule has 3 atom stereocenters. The van der Waals surface area contributed by atoms with Gasteiger partial charge in [0.15, 0.2) is 0 Å². The number of thioether (sulfide) groups is 1. The molecule has 2 aliphatic heterocycles. The Balaban J connectivity index is 1.78. The zero-order valence-electron chi connectivity index (χ0n) is 10.3. The van der Waals surface area contributed by atoms with Crippen molar-refractivity contribution in [1.82, 2.24) is 0 Å². The van der Waals surface area contributed by atoms with Crippen LogP contribution in [0.3, 0.4) is 0 Å². The van der Waals surface area contributed by atoms with Crippen molar-refractivity contribution < 1.29 is 9.84 Å². The predicted molar refractivity (Wildman–Crippen MR) is 68.9 cm³/mol. The van der Waals surface area contributed by atoms with Crippen molar-refractivity contribution in [3.8, 4) is 0 Å². The quantitative estimate of drug-likeness (QED) is 0.824. The number of rotatable bonds is 4. The zero-order chi connectivity index (χ0) is 11.4. The molecular formula is C13H24O2S. The molecule has 2 fully saturated rings. The van der Waals surface area contributed by atoms with Gasteiger partial charge in [-0.15, -0.1) is 0 Å². The summed E-state index contributed by atoms with van der Waals surface area (Å²) < 4.78 is 6.01. The highest BCUT2D eigenvalue weighted by Crippen LogP contribution is 2.41. The fourth-order valence-electron chi connectivity index (χ4n) is 2.87. The first-order valence-corrected chi connectivity index (χ1v) is 7.79. The molecule has 0 amide bonds. The zero-order valence-corrected chi connectivity index (χ0v) is 11.1. The van der Waals surface area contributed by atoms with E-state index in [0.717, 1.165) is 25.4 Å². The van der Waals surface area contributed by atoms with Gasteiger partial charge in [-0.1, -0.05) is 6.92 Å². The van der Waals surface area contributed by atoms with Crippen LogP contribution in [0.15, 0.2) is 0 Å². The topological polar surface area (TPSA) is 29.5 Å². The largest absolute Gasteiger partial charge is 0.393 e. The Morgan fingerprint density at radius 2 is 2.44 bits per heavy atom. The van der Waals surface area contributed by atoms with Gasteiger partial charge in [0.2, 0.25) is 0 Å². The molecule has 2 rings (SSSR count). The molecule has 0 aromatic rings. The van der Waals surface area contributed by atoms with Crippen LogP contribution in [0.4, 0.5) is 0 Å². The molecule has 2 nitrogen and oxygen atoms in total. The highest BCUT2D eigenvalue weighted by molar-refractivity contribution is 7.99. The van der Waals surface area contributed by atoms with Gasteiger partial charge in [-0.25, -0.2) is 0 Å². The Morgan fingerprint density at radius 1 is 1.56 bits per heavy atom. The predicted octanol–water partition coefficient (Wildman–Crippen LogP) is 2.84. The average molecular weight is 244 g/mol. The number of ether oxygens (including phenoxy) is 1. The van der Waals surface area contributed by atoms with Gasteiger partial charge in [0.05, 0.1) is 11.7 Å². The van der Waals surface area contributed by atoms with E-state index in [1.165, 1.54) is 37.2 Å². The number of hydrogen-bond donors (Lipinski definition) is 1. The smallest absolute Gasteiger partial charge is 0.0783 e. The molecule has 3 heteroatoms. The Bertz CT molecular complexity index is 214. The van der Waals surface area contributed by atoms with E-state index in [4.69, 9.17) is 4.74 Å². The van der Waals surface area contributed by atoms with Gasteiger partial charge in [-0.05, 0) is 50.2 Å². The molecule has 0 radical (unpaired) electrons. The minimum Gasteiger partial charge on any atom is -0.393 e. The maximum Gasteiger partial charge on any atom is 0.0783 e. The van der Waals surface area contributed by atoms with Crippen LogP contribution in [-0.2, 0) is 4.74 Å². The maximum absolute atomic E-state index is 9.61. The summed E-state index contributed by atoms with van der Waals surface area (Å²) >= 11 is 2.04. The Kier molecular flexibility index (Phi) is 4.57. The molecule has 2 heterocycles. The van der Waals surface area contributed by atoms with Gasteiger partial charge in [0.1, 0.15) is 0 Å². The molecule has 94 valence electrons. The van der Waals surface area contributed by atoms with Crippen LogP contribution in [-0.4, -0.2) is 34.9 Å². The molecule has 0 aromatic carbocycles. The van der Waals surface area contributed by atoms with E-state index in [9.17, 15) is 5.11 Å². The molecule has 1 spiro atoms. The molecule has 0 bridgehead atoms. The van der Waals surface area contributed by atoms with Crippen LogP contribution < -0.4 is 0 Å². The number of aliphatic hydroxyl groups excluding tert-OH is 1. The van der Waals surface area contributed by atoms with Crippen LogP contribution in [0.25, 0.3) is 0 Å². The van der Waals surface area contributed by atoms with Gasteiger partial charge >= 0.3 is 0 Å². The van der Waals surface area contributed by atoms with Crippen LogP contribution in [0, 0.1) is 5.92 Å². The van der Waals surface area contributed by atoms with Gasteiger partial charge in [-0.2, -0.15) is 11.8 Å². The van der Waals surface area contributed by atoms with Gasteiger partial charge < -0.3 is 9.84 Å². The van der Waals surface area contributed by atoms with Crippen molar-refractivity contribution >= 4 is 11.8 Å². The van der Waals surface area contributed by atoms with Crippen LogP contribution in [0.5, 0.6) is 0 Å². The fourth-order valence-corrected chi connectivity index (χ4v) is 4.25. The van der Waals surface area contributed by atoms with Crippen molar-refractivity contribution in [2.45, 2.75) is 57.2 Å². The van der Waals surface area contributed by atoms with E-state index in [-0.39, 0.29) is 11.7 Å². The maximum atomic E-state index is 9.61. The van der Waals surface area contributed by atoms with Crippen molar-refractivity contribution in [2.75, 3.05) is 18.1 Å². The Hall–Kier alpha value is 0.270. The molecular weight excluding hydrogens is 220 g/mol. The Labute approximate surface area is 103 Å². The lowest BCUT2D eigenvalue weighted by Gasteiger charge is -2.38. The SMILES string of the molecule is CCC(O)CCC1CCOC2(CCSC2)C1. The second-order valence-electron chi connectivity index (χ2n) is 5.33. The first kappa shape index (κ1) is 12.7. The summed E-state index contributed by atoms with van der Waals surface area (Å²) in [6, 6.07) is 0. The molecule has 16 heavy (non-hydrogen) atoms. The van der Waals surface area contributed by atoms with Gasteiger partial charge in [0.25, 0.3) is 0 Å². The highest BCUT2D eigenvalue weighted by atomic mass is 32.2. The highest BCUT2D eigenvalue weighted by Gasteiger charge is 2.40. The van der Waals surface area contributed by atoms with Gasteiger partial charge in [0, 0.05) is 12.4 Å². The summed E-state index contributed by atoms with van der Waals surface area (Å²) in [6.07, 6.45) is 6.64. The summed E-state index contributed by atoms with van der Waals surface area (Å²) in [5.74, 6) is 3.25. The van der Waals surface area contributed by atoms with Crippen LogP contribution in [0.2, 0.25) is 0 Å². The lowest BCUT2D eigenvalue weighted by Crippen LogP contribution is -2.40. The van der Waals surface area contributed by atoms with E-state index < -0.39 is 0 Å². The first-order chi connectivity index (χ1) is 7.74. The van der Waals surface area contributed by atoms with Crippen molar-refractivity contribution in [2.24, 2.45) is 5.92 Å². The van der Waals surface area contributed by atoms with Crippen molar-refractivity contribution in [3.63, 3.8) is 0 Å². The third-order valence-electron chi connectivity index (χ3n) is 4.04. The summed E-state index contributed by atoms with van der Waals surface area (Å²) in [7, 11) is 0. The minimum absolute atomic E-state index is 0.0863. The third kappa shape index (κ3) is 3.14. The molecule has 0 saturated carbocycles. The average Bonchev–Trinajstić information content (AvgIpc) is 2.74. The van der Waals surface area contributed by atoms with Gasteiger partial charge in [-0.3, -0.25) is 0 Å². The molecule has 2 saturated heterocycles. The molecule has 2 aliphatic rings. The fraction of sp³-hybridized carbons (Fsp3) is 1.00. The summed E-state index contributed by atoms with van der Waals surface area (Å²) in [5, 5.41) is 9.61. The Morgan fingerprint density at radius 3 is 3.12 bits per heavy atom. The molecule has 3 unspecified atom stereocenters. The van der Waals surface area contributed by atoms with E-state index in [0.29, 0.717) is 0 Å². The summed E-state index contributed by atoms with van der Waals surface area (Å²) in [6.45, 7) is 3.00. The minimum atomic E-state index is -0.0863. The summed E-state index contributed by atoms with van der Waals surface area (Å²) in [5.41, 5.74) is 0.213. The van der Waals surface area contributed by atoms with Crippen LogP contribution >= 0.6 is 11.8 Å². The second-order valence-corrected chi connectivity index (χ2v) is 6.44. The lowest BCUT2D eigenvalue weighted by atomic mass is 9.82. The first-order valence-electron chi connectivity index (χ1n) is 6.64. The summed E-state index contributed by atoms with van der Waals surface area (Å²) in [4.78, 5) is 0. The monoisotopic (exact) mass is 244 g/mol. The number of aliphatic hydroxyl groups is 1. The van der Waals surface area contributed by atoms with Crippen molar-refractivity contribution in [3.05, 3.63) is 0 Å². The normalized spacial score (nSPS) is 36.8. The van der Waals surface area contributed by atoms with E-state index in [2.05, 4.69) is 6.92 Å². The van der Waals surface area contributed by atoms with E-state index in [1.807, 2.05) is 11.8 Å². The van der Waals surface area contributed by atoms with Crippen LogP contribution in [0.1, 0.15) is 45.4 Å². The molecule has 0 aliphatic carbocycles. The molecule has 0 aromatic heterocycles.